The number of ether oxygens (including phenoxy) is 1. The molecule has 2 saturated heterocycles. The number of H-pyrrole nitrogens is 1. The van der Waals surface area contributed by atoms with E-state index in [1.807, 2.05) is 23.6 Å². The molecule has 0 spiro atoms. The smallest absolute Gasteiger partial charge is 0.214 e. The third-order valence-electron chi connectivity index (χ3n) is 5.28. The fourth-order valence-corrected chi connectivity index (χ4v) is 3.57. The third-order valence-corrected chi connectivity index (χ3v) is 5.28. The molecule has 2 aliphatic rings. The summed E-state index contributed by atoms with van der Waals surface area (Å²) in [5, 5.41) is 10.3. The van der Waals surface area contributed by atoms with Crippen LogP contribution >= 0.6 is 0 Å². The second-order valence-corrected chi connectivity index (χ2v) is 7.37. The minimum Gasteiger partial charge on any atom is -0.368 e. The van der Waals surface area contributed by atoms with Gasteiger partial charge in [-0.1, -0.05) is 6.92 Å². The van der Waals surface area contributed by atoms with Crippen LogP contribution in [0.25, 0.3) is 5.65 Å². The molecule has 0 saturated carbocycles. The lowest BCUT2D eigenvalue weighted by molar-refractivity contribution is 0.0744. The Morgan fingerprint density at radius 1 is 1.41 bits per heavy atom. The summed E-state index contributed by atoms with van der Waals surface area (Å²) in [6.07, 6.45) is 3.34. The molecule has 0 bridgehead atoms. The Kier molecular flexibility index (Phi) is 4.05. The van der Waals surface area contributed by atoms with Crippen LogP contribution < -0.4 is 5.32 Å². The molecule has 5 rings (SSSR count). The monoisotopic (exact) mass is 371 g/mol. The summed E-state index contributed by atoms with van der Waals surface area (Å²) in [7, 11) is 0. The lowest BCUT2D eigenvalue weighted by Gasteiger charge is -2.29. The first-order valence-electron chi connectivity index (χ1n) is 9.31. The predicted octanol–water partition coefficient (Wildman–Crippen LogP) is 2.45. The fourth-order valence-electron chi connectivity index (χ4n) is 3.57. The van der Waals surface area contributed by atoms with E-state index in [9.17, 15) is 4.39 Å². The number of aromatic amines is 1. The van der Waals surface area contributed by atoms with Gasteiger partial charge in [0.15, 0.2) is 5.82 Å². The van der Waals surface area contributed by atoms with E-state index in [1.165, 1.54) is 6.42 Å². The largest absolute Gasteiger partial charge is 0.368 e. The molecule has 9 heteroatoms. The molecule has 3 aromatic heterocycles. The number of halogens is 1. The number of nitrogens with zero attached hydrogens (tertiary/aromatic N) is 5. The summed E-state index contributed by atoms with van der Waals surface area (Å²) >= 11 is 0. The van der Waals surface area contributed by atoms with Crippen molar-refractivity contribution in [2.24, 2.45) is 5.92 Å². The summed E-state index contributed by atoms with van der Waals surface area (Å²) in [4.78, 5) is 11.4. The first kappa shape index (κ1) is 16.6. The highest BCUT2D eigenvalue weighted by atomic mass is 19.1. The van der Waals surface area contributed by atoms with Crippen molar-refractivity contribution in [2.75, 3.05) is 25.0 Å². The van der Waals surface area contributed by atoms with E-state index in [0.29, 0.717) is 24.1 Å². The van der Waals surface area contributed by atoms with Gasteiger partial charge in [-0.2, -0.15) is 5.10 Å². The number of likely N-dealkylation sites (tertiary alicyclic amines) is 1. The predicted molar refractivity (Wildman–Crippen MR) is 97.5 cm³/mol. The molecule has 0 amide bonds. The van der Waals surface area contributed by atoms with Crippen LogP contribution in [-0.2, 0) is 11.3 Å². The van der Waals surface area contributed by atoms with Crippen LogP contribution in [0.3, 0.4) is 0 Å². The van der Waals surface area contributed by atoms with Gasteiger partial charge in [-0.25, -0.2) is 14.4 Å². The van der Waals surface area contributed by atoms with Crippen molar-refractivity contribution < 1.29 is 9.13 Å². The van der Waals surface area contributed by atoms with Gasteiger partial charge in [0.1, 0.15) is 17.9 Å². The van der Waals surface area contributed by atoms with E-state index < -0.39 is 12.3 Å². The fraction of sp³-hybridized carbons (Fsp3) is 0.500. The highest BCUT2D eigenvalue weighted by Gasteiger charge is 2.36. The van der Waals surface area contributed by atoms with Crippen molar-refractivity contribution in [3.8, 4) is 0 Å². The lowest BCUT2D eigenvalue weighted by atomic mass is 10.0. The summed E-state index contributed by atoms with van der Waals surface area (Å²) < 4.78 is 21.7. The molecule has 2 N–H and O–H groups in total. The zero-order chi connectivity index (χ0) is 18.4. The second kappa shape index (κ2) is 6.58. The Labute approximate surface area is 155 Å². The van der Waals surface area contributed by atoms with Gasteiger partial charge in [-0.3, -0.25) is 14.4 Å². The first-order chi connectivity index (χ1) is 13.2. The maximum atomic E-state index is 14.2. The minimum absolute atomic E-state index is 0.110. The standard InChI is InChI=1S/C18H22FN7O/c1-11-10-27-17(16(11)19)13-7-14(24-23-13)22-18-20-4-3-15-21-12(9-26(15)18)8-25-5-2-6-25/h3-4,7,9,11,16-17H,2,5-6,8,10H2,1H3,(H2,20,22,23,24)/t11-,16-,17-/m0/s1. The van der Waals surface area contributed by atoms with Crippen molar-refractivity contribution in [2.45, 2.75) is 32.2 Å². The Balaban J connectivity index is 1.36. The quantitative estimate of drug-likeness (QED) is 0.717. The molecule has 0 radical (unpaired) electrons. The molecule has 3 aromatic rings. The van der Waals surface area contributed by atoms with Crippen molar-refractivity contribution in [3.05, 3.63) is 35.9 Å². The first-order valence-corrected chi connectivity index (χ1v) is 9.31. The van der Waals surface area contributed by atoms with Gasteiger partial charge in [0, 0.05) is 30.9 Å². The maximum absolute atomic E-state index is 14.2. The SMILES string of the molecule is C[C@H]1CO[C@@H](c2cc(Nc3nccc4nc(CN5CCC5)cn34)n[nH]2)[C@H]1F. The van der Waals surface area contributed by atoms with Crippen LogP contribution in [0, 0.1) is 5.92 Å². The Morgan fingerprint density at radius 3 is 3.04 bits per heavy atom. The number of hydrogen-bond acceptors (Lipinski definition) is 6. The number of fused-ring (bicyclic) bond motifs is 1. The Morgan fingerprint density at radius 2 is 2.30 bits per heavy atom. The topological polar surface area (TPSA) is 83.4 Å². The van der Waals surface area contributed by atoms with E-state index in [0.717, 1.165) is 31.0 Å². The van der Waals surface area contributed by atoms with E-state index >= 15 is 0 Å². The molecule has 2 fully saturated rings. The van der Waals surface area contributed by atoms with Crippen molar-refractivity contribution >= 4 is 17.4 Å². The molecule has 3 atom stereocenters. The average molecular weight is 371 g/mol. The Hall–Kier alpha value is -2.52. The molecule has 0 unspecified atom stereocenters. The van der Waals surface area contributed by atoms with Crippen LogP contribution in [0.5, 0.6) is 0 Å². The van der Waals surface area contributed by atoms with Crippen LogP contribution in [0.15, 0.2) is 24.5 Å². The van der Waals surface area contributed by atoms with Gasteiger partial charge in [-0.15, -0.1) is 0 Å². The van der Waals surface area contributed by atoms with Crippen molar-refractivity contribution in [1.29, 1.82) is 0 Å². The number of rotatable bonds is 5. The van der Waals surface area contributed by atoms with Gasteiger partial charge < -0.3 is 10.1 Å². The van der Waals surface area contributed by atoms with Crippen molar-refractivity contribution in [1.82, 2.24) is 29.5 Å². The van der Waals surface area contributed by atoms with E-state index in [2.05, 4.69) is 30.4 Å². The summed E-state index contributed by atoms with van der Waals surface area (Å²) in [6, 6.07) is 3.65. The summed E-state index contributed by atoms with van der Waals surface area (Å²) in [5.41, 5.74) is 2.48. The van der Waals surface area contributed by atoms with Crippen LogP contribution in [0.2, 0.25) is 0 Å². The summed E-state index contributed by atoms with van der Waals surface area (Å²) in [5.74, 6) is 1.07. The number of alkyl halides is 1. The zero-order valence-electron chi connectivity index (χ0n) is 15.1. The molecular weight excluding hydrogens is 349 g/mol. The average Bonchev–Trinajstić information content (AvgIpc) is 3.32. The van der Waals surface area contributed by atoms with Gasteiger partial charge in [0.2, 0.25) is 5.95 Å². The number of imidazole rings is 1. The Bertz CT molecular complexity index is 950. The van der Waals surface area contributed by atoms with E-state index in [1.54, 1.807) is 12.3 Å². The minimum atomic E-state index is -1.03. The molecular formula is C18H22FN7O. The van der Waals surface area contributed by atoms with E-state index in [-0.39, 0.29) is 5.92 Å². The number of anilines is 2. The zero-order valence-corrected chi connectivity index (χ0v) is 15.1. The molecule has 27 heavy (non-hydrogen) atoms. The second-order valence-electron chi connectivity index (χ2n) is 7.37. The summed E-state index contributed by atoms with van der Waals surface area (Å²) in [6.45, 7) is 5.38. The molecule has 2 aliphatic heterocycles. The van der Waals surface area contributed by atoms with Gasteiger partial charge in [0.25, 0.3) is 0 Å². The molecule has 0 aliphatic carbocycles. The normalized spacial score (nSPS) is 25.8. The van der Waals surface area contributed by atoms with Crippen LogP contribution in [0.1, 0.15) is 30.8 Å². The van der Waals surface area contributed by atoms with Gasteiger partial charge >= 0.3 is 0 Å². The van der Waals surface area contributed by atoms with Crippen molar-refractivity contribution in [3.63, 3.8) is 0 Å². The van der Waals surface area contributed by atoms with Crippen LogP contribution in [0.4, 0.5) is 16.2 Å². The number of aromatic nitrogens is 5. The van der Waals surface area contributed by atoms with E-state index in [4.69, 9.17) is 4.74 Å². The highest BCUT2D eigenvalue weighted by molar-refractivity contribution is 5.54. The molecule has 5 heterocycles. The number of nitrogens with one attached hydrogen (secondary N) is 2. The molecule has 8 nitrogen and oxygen atoms in total. The maximum Gasteiger partial charge on any atom is 0.214 e. The molecule has 142 valence electrons. The molecule has 0 aromatic carbocycles. The lowest BCUT2D eigenvalue weighted by Crippen LogP contribution is -2.36. The van der Waals surface area contributed by atoms with Gasteiger partial charge in [0.05, 0.1) is 18.0 Å². The van der Waals surface area contributed by atoms with Crippen LogP contribution in [-0.4, -0.2) is 55.3 Å². The third kappa shape index (κ3) is 3.06. The van der Waals surface area contributed by atoms with Gasteiger partial charge in [-0.05, 0) is 25.6 Å². The number of hydrogen-bond donors (Lipinski definition) is 2. The highest BCUT2D eigenvalue weighted by Crippen LogP contribution is 2.35.